The monoisotopic (exact) mass is 510 g/mol. The topological polar surface area (TPSA) is 36.3 Å². The van der Waals surface area contributed by atoms with Gasteiger partial charge < -0.3 is 14.0 Å². The van der Waals surface area contributed by atoms with E-state index in [-0.39, 0.29) is 0 Å². The maximum absolute atomic E-state index is 6.20. The van der Waals surface area contributed by atoms with Crippen molar-refractivity contribution in [3.63, 3.8) is 0 Å². The third-order valence-corrected chi connectivity index (χ3v) is 8.35. The number of hydrogen-bond donors (Lipinski definition) is 0. The summed E-state index contributed by atoms with van der Waals surface area (Å²) in [5.74, 6) is 1.81. The lowest BCUT2D eigenvalue weighted by Crippen LogP contribution is -2.46. The van der Waals surface area contributed by atoms with E-state index in [9.17, 15) is 0 Å². The van der Waals surface area contributed by atoms with Gasteiger partial charge in [-0.1, -0.05) is 99.3 Å². The van der Waals surface area contributed by atoms with Gasteiger partial charge in [0.25, 0.3) is 0 Å². The molecule has 0 fully saturated rings. The summed E-state index contributed by atoms with van der Waals surface area (Å²) in [6.45, 7) is 5.90. The first kappa shape index (κ1) is 26.7. The molecule has 0 atom stereocenters. The Morgan fingerprint density at radius 2 is 1.32 bits per heavy atom. The Labute approximate surface area is 224 Å². The molecular weight excluding hydrogens is 472 g/mol. The number of aromatic nitrogens is 2. The van der Waals surface area contributed by atoms with Crippen molar-refractivity contribution < 1.29 is 9.47 Å². The van der Waals surface area contributed by atoms with E-state index in [0.29, 0.717) is 9.52 Å². The Bertz CT molecular complexity index is 1140. The molecule has 4 rings (SSSR count). The van der Waals surface area contributed by atoms with Crippen LogP contribution in [-0.4, -0.2) is 32.3 Å². The molecular formula is C32H38N2O2Si. The van der Waals surface area contributed by atoms with Crippen LogP contribution in [0.15, 0.2) is 97.6 Å². The van der Waals surface area contributed by atoms with Crippen LogP contribution in [0.25, 0.3) is 0 Å². The summed E-state index contributed by atoms with van der Waals surface area (Å²) in [5.41, 5.74) is 2.34. The van der Waals surface area contributed by atoms with Gasteiger partial charge in [0.1, 0.15) is 21.0 Å². The molecule has 1 aromatic heterocycles. The molecule has 0 aliphatic carbocycles. The highest BCUT2D eigenvalue weighted by atomic mass is 28.2. The average Bonchev–Trinajstić information content (AvgIpc) is 3.49. The molecule has 0 amide bonds. The Kier molecular flexibility index (Phi) is 10.0. The van der Waals surface area contributed by atoms with Gasteiger partial charge in [-0.3, -0.25) is 0 Å². The third-order valence-electron chi connectivity index (χ3n) is 6.53. The molecule has 0 bridgehead atoms. The van der Waals surface area contributed by atoms with E-state index in [1.54, 1.807) is 0 Å². The zero-order valence-corrected chi connectivity index (χ0v) is 23.1. The van der Waals surface area contributed by atoms with Crippen LogP contribution in [0.2, 0.25) is 0 Å². The Morgan fingerprint density at radius 1 is 0.730 bits per heavy atom. The molecule has 4 nitrogen and oxygen atoms in total. The number of benzene rings is 3. The van der Waals surface area contributed by atoms with Crippen molar-refractivity contribution in [3.05, 3.63) is 109 Å². The van der Waals surface area contributed by atoms with Gasteiger partial charge in [0.2, 0.25) is 0 Å². The lowest BCUT2D eigenvalue weighted by molar-refractivity contribution is 0.305. The first-order valence-electron chi connectivity index (χ1n) is 13.5. The van der Waals surface area contributed by atoms with Crippen molar-refractivity contribution in [2.24, 2.45) is 0 Å². The smallest absolute Gasteiger partial charge is 0.127 e. The Hall–Kier alpha value is -3.31. The van der Waals surface area contributed by atoms with Crippen molar-refractivity contribution in [1.82, 2.24) is 9.55 Å². The summed E-state index contributed by atoms with van der Waals surface area (Å²) in [7, 11) is 0.424. The number of hydrogen-bond acceptors (Lipinski definition) is 3. The Balaban J connectivity index is 1.79. The molecule has 4 aromatic rings. The molecule has 0 N–H and O–H groups in total. The summed E-state index contributed by atoms with van der Waals surface area (Å²) in [5, 5.41) is 0.781. The standard InChI is InChI=1S/C32H38N2O2Si/c1-3-5-10-22-35-29-16-12-14-27(24-29)32(34-21-20-33-26-34,37-31-18-8-7-9-19-31)28-15-13-17-30(25-28)36-23-11-6-4-2/h7-9,12-21,24-26H,3-6,10-11,22-23H2,1-2H3. The fourth-order valence-electron chi connectivity index (χ4n) is 4.57. The number of rotatable bonds is 15. The van der Waals surface area contributed by atoms with Crippen LogP contribution < -0.4 is 14.7 Å². The predicted molar refractivity (Wildman–Crippen MR) is 153 cm³/mol. The second kappa shape index (κ2) is 13.8. The summed E-state index contributed by atoms with van der Waals surface area (Å²) in [6.07, 6.45) is 12.7. The van der Waals surface area contributed by atoms with Gasteiger partial charge in [0.15, 0.2) is 0 Å². The minimum absolute atomic E-state index is 0.424. The third kappa shape index (κ3) is 6.92. The minimum atomic E-state index is -0.497. The maximum Gasteiger partial charge on any atom is 0.127 e. The molecule has 3 aromatic carbocycles. The van der Waals surface area contributed by atoms with E-state index >= 15 is 0 Å². The largest absolute Gasteiger partial charge is 0.494 e. The first-order valence-corrected chi connectivity index (χ1v) is 14.5. The highest BCUT2D eigenvalue weighted by Crippen LogP contribution is 2.36. The molecule has 0 aliphatic heterocycles. The van der Waals surface area contributed by atoms with Crippen LogP contribution >= 0.6 is 0 Å². The fraction of sp³-hybridized carbons (Fsp3) is 0.344. The number of unbranched alkanes of at least 4 members (excludes halogenated alkanes) is 4. The second-order valence-corrected chi connectivity index (χ2v) is 10.9. The van der Waals surface area contributed by atoms with E-state index in [2.05, 4.69) is 108 Å². The SMILES string of the molecule is CCCCCOc1cccc(C([Si]c2ccccc2)(c2cccc(OCCCCC)c2)n2ccnc2)c1. The lowest BCUT2D eigenvalue weighted by Gasteiger charge is -2.37. The molecule has 0 unspecified atom stereocenters. The number of nitrogens with zero attached hydrogens (tertiary/aromatic N) is 2. The average molecular weight is 511 g/mol. The van der Waals surface area contributed by atoms with Gasteiger partial charge >= 0.3 is 0 Å². The molecule has 0 spiro atoms. The lowest BCUT2D eigenvalue weighted by atomic mass is 9.96. The highest BCUT2D eigenvalue weighted by molar-refractivity contribution is 6.57. The highest BCUT2D eigenvalue weighted by Gasteiger charge is 2.38. The fourth-order valence-corrected chi connectivity index (χ4v) is 6.21. The van der Waals surface area contributed by atoms with Crippen LogP contribution in [0.4, 0.5) is 0 Å². The van der Waals surface area contributed by atoms with Gasteiger partial charge in [-0.25, -0.2) is 4.98 Å². The van der Waals surface area contributed by atoms with E-state index in [4.69, 9.17) is 9.47 Å². The van der Waals surface area contributed by atoms with E-state index in [1.807, 2.05) is 12.5 Å². The summed E-state index contributed by atoms with van der Waals surface area (Å²) in [4.78, 5) is 4.47. The van der Waals surface area contributed by atoms with Crippen LogP contribution in [0, 0.1) is 0 Å². The maximum atomic E-state index is 6.20. The van der Waals surface area contributed by atoms with Crippen molar-refractivity contribution in [3.8, 4) is 11.5 Å². The molecule has 1 heterocycles. The van der Waals surface area contributed by atoms with Crippen molar-refractivity contribution in [1.29, 1.82) is 0 Å². The predicted octanol–water partition coefficient (Wildman–Crippen LogP) is 6.80. The zero-order chi connectivity index (χ0) is 25.8. The van der Waals surface area contributed by atoms with Crippen molar-refractivity contribution >= 4 is 14.7 Å². The zero-order valence-electron chi connectivity index (χ0n) is 22.1. The van der Waals surface area contributed by atoms with Gasteiger partial charge in [-0.2, -0.15) is 0 Å². The van der Waals surface area contributed by atoms with Crippen molar-refractivity contribution in [2.45, 2.75) is 57.5 Å². The van der Waals surface area contributed by atoms with E-state index in [1.165, 1.54) is 42.0 Å². The number of imidazole rings is 1. The molecule has 0 aliphatic rings. The molecule has 192 valence electrons. The molecule has 2 radical (unpaired) electrons. The van der Waals surface area contributed by atoms with Gasteiger partial charge in [0, 0.05) is 12.4 Å². The second-order valence-electron chi connectivity index (χ2n) is 9.34. The van der Waals surface area contributed by atoms with Crippen LogP contribution in [-0.2, 0) is 5.16 Å². The first-order chi connectivity index (χ1) is 18.3. The van der Waals surface area contributed by atoms with Crippen LogP contribution in [0.5, 0.6) is 11.5 Å². The molecule has 37 heavy (non-hydrogen) atoms. The molecule has 0 saturated carbocycles. The quantitative estimate of drug-likeness (QED) is 0.130. The summed E-state index contributed by atoms with van der Waals surface area (Å²) >= 11 is 0. The van der Waals surface area contributed by atoms with Gasteiger partial charge in [-0.05, 0) is 48.2 Å². The molecule has 0 saturated heterocycles. The van der Waals surface area contributed by atoms with E-state index < -0.39 is 5.16 Å². The van der Waals surface area contributed by atoms with Crippen LogP contribution in [0.3, 0.4) is 0 Å². The Morgan fingerprint density at radius 3 is 1.84 bits per heavy atom. The number of ether oxygens (including phenoxy) is 2. The summed E-state index contributed by atoms with van der Waals surface area (Å²) in [6, 6.07) is 27.9. The van der Waals surface area contributed by atoms with Gasteiger partial charge in [0.05, 0.1) is 24.7 Å². The van der Waals surface area contributed by atoms with E-state index in [0.717, 1.165) is 37.6 Å². The summed E-state index contributed by atoms with van der Waals surface area (Å²) < 4.78 is 14.6. The van der Waals surface area contributed by atoms with Crippen molar-refractivity contribution in [2.75, 3.05) is 13.2 Å². The van der Waals surface area contributed by atoms with Gasteiger partial charge in [-0.15, -0.1) is 0 Å². The van der Waals surface area contributed by atoms with Crippen LogP contribution in [0.1, 0.15) is 63.5 Å². The minimum Gasteiger partial charge on any atom is -0.494 e. The normalized spacial score (nSPS) is 11.4. The molecule has 5 heteroatoms.